The van der Waals surface area contributed by atoms with Crippen molar-refractivity contribution in [1.29, 1.82) is 0 Å². The fraction of sp³-hybridized carbons (Fsp3) is 0.375. The highest BCUT2D eigenvalue weighted by Crippen LogP contribution is 2.39. The molecule has 1 heterocycles. The van der Waals surface area contributed by atoms with Crippen LogP contribution in [0.2, 0.25) is 0 Å². The number of hydrogen-bond donors (Lipinski definition) is 2. The van der Waals surface area contributed by atoms with Crippen LogP contribution >= 0.6 is 12.2 Å². The number of hydrogen-bond acceptors (Lipinski definition) is 4. The third-order valence-electron chi connectivity index (χ3n) is 5.06. The molecule has 2 N–H and O–H groups in total. The summed E-state index contributed by atoms with van der Waals surface area (Å²) in [6.07, 6.45) is 2.18. The van der Waals surface area contributed by atoms with Crippen LogP contribution in [0.25, 0.3) is 0 Å². The number of aromatic amines is 1. The molecule has 2 aromatic carbocycles. The lowest BCUT2D eigenvalue weighted by Crippen LogP contribution is -2.18. The summed E-state index contributed by atoms with van der Waals surface area (Å²) in [4.78, 5) is 0. The van der Waals surface area contributed by atoms with Crippen LogP contribution in [0.15, 0.2) is 41.5 Å². The lowest BCUT2D eigenvalue weighted by Gasteiger charge is -2.27. The number of phenolic OH excluding ortho intramolecular Hbond substituents is 1. The Kier molecular flexibility index (Phi) is 6.18. The van der Waals surface area contributed by atoms with Gasteiger partial charge in [-0.2, -0.15) is 14.9 Å². The number of nitrogens with zero attached hydrogens (tertiary/aromatic N) is 3. The highest BCUT2D eigenvalue weighted by molar-refractivity contribution is 7.71. The predicted molar refractivity (Wildman–Crippen MR) is 125 cm³/mol. The highest BCUT2D eigenvalue weighted by atomic mass is 32.1. The lowest BCUT2D eigenvalue weighted by atomic mass is 9.78. The largest absolute Gasteiger partial charge is 0.507 e. The second-order valence-corrected chi connectivity index (χ2v) is 10.2. The maximum Gasteiger partial charge on any atom is 0.216 e. The minimum absolute atomic E-state index is 0.229. The van der Waals surface area contributed by atoms with Crippen molar-refractivity contribution in [2.24, 2.45) is 5.10 Å². The van der Waals surface area contributed by atoms with Gasteiger partial charge in [0.15, 0.2) is 5.82 Å². The van der Waals surface area contributed by atoms with Crippen molar-refractivity contribution in [3.05, 3.63) is 75.1 Å². The monoisotopic (exact) mass is 440 g/mol. The molecule has 1 aromatic heterocycles. The molecule has 31 heavy (non-hydrogen) atoms. The Morgan fingerprint density at radius 2 is 1.61 bits per heavy atom. The maximum absolute atomic E-state index is 13.2. The first kappa shape index (κ1) is 22.9. The second kappa shape index (κ2) is 8.38. The number of aromatic nitrogens is 3. The molecule has 0 amide bonds. The van der Waals surface area contributed by atoms with Crippen molar-refractivity contribution in [2.45, 2.75) is 58.8 Å². The molecule has 164 valence electrons. The first-order chi connectivity index (χ1) is 14.4. The lowest BCUT2D eigenvalue weighted by molar-refractivity contribution is 0.423. The van der Waals surface area contributed by atoms with E-state index in [0.717, 1.165) is 22.3 Å². The van der Waals surface area contributed by atoms with Gasteiger partial charge in [-0.15, -0.1) is 0 Å². The fourth-order valence-electron chi connectivity index (χ4n) is 3.34. The van der Waals surface area contributed by atoms with E-state index in [1.807, 2.05) is 12.1 Å². The van der Waals surface area contributed by atoms with Crippen molar-refractivity contribution < 1.29 is 9.50 Å². The van der Waals surface area contributed by atoms with Gasteiger partial charge < -0.3 is 5.11 Å². The van der Waals surface area contributed by atoms with E-state index < -0.39 is 0 Å². The number of nitrogens with one attached hydrogen (secondary N) is 1. The Balaban J connectivity index is 2.01. The molecule has 0 bridgehead atoms. The predicted octanol–water partition coefficient (Wildman–Crippen LogP) is 5.85. The van der Waals surface area contributed by atoms with Gasteiger partial charge in [-0.05, 0) is 58.4 Å². The van der Waals surface area contributed by atoms with Crippen LogP contribution in [-0.4, -0.2) is 26.2 Å². The molecule has 0 radical (unpaired) electrons. The SMILES string of the molecule is CC(C)(C)c1cc(/C=N\n2c(Cc3ccc(F)cc3)n[nH]c2=S)cc(C(C)(C)C)c1O. The number of halogens is 1. The molecule has 0 aliphatic rings. The topological polar surface area (TPSA) is 66.2 Å². The molecule has 0 saturated carbocycles. The van der Waals surface area contributed by atoms with E-state index in [1.54, 1.807) is 23.0 Å². The van der Waals surface area contributed by atoms with Gasteiger partial charge in [-0.3, -0.25) is 5.10 Å². The van der Waals surface area contributed by atoms with E-state index >= 15 is 0 Å². The van der Waals surface area contributed by atoms with Gasteiger partial charge in [-0.25, -0.2) is 4.39 Å². The van der Waals surface area contributed by atoms with Crippen molar-refractivity contribution in [3.63, 3.8) is 0 Å². The maximum atomic E-state index is 13.2. The average Bonchev–Trinajstić information content (AvgIpc) is 3.00. The normalized spacial score (nSPS) is 12.6. The van der Waals surface area contributed by atoms with E-state index in [2.05, 4.69) is 56.8 Å². The molecule has 5 nitrogen and oxygen atoms in total. The van der Waals surface area contributed by atoms with Gasteiger partial charge in [0.2, 0.25) is 4.77 Å². The van der Waals surface area contributed by atoms with E-state index in [4.69, 9.17) is 12.2 Å². The summed E-state index contributed by atoms with van der Waals surface area (Å²) in [7, 11) is 0. The second-order valence-electron chi connectivity index (χ2n) is 9.77. The number of rotatable bonds is 4. The van der Waals surface area contributed by atoms with Crippen molar-refractivity contribution in [1.82, 2.24) is 14.9 Å². The van der Waals surface area contributed by atoms with Gasteiger partial charge in [0.05, 0.1) is 6.21 Å². The van der Waals surface area contributed by atoms with Crippen LogP contribution < -0.4 is 0 Å². The molecule has 0 saturated heterocycles. The molecule has 3 rings (SSSR count). The Bertz CT molecular complexity index is 1130. The summed E-state index contributed by atoms with van der Waals surface area (Å²) in [5.41, 5.74) is 3.04. The van der Waals surface area contributed by atoms with E-state index in [1.165, 1.54) is 12.1 Å². The van der Waals surface area contributed by atoms with Crippen LogP contribution in [-0.2, 0) is 17.3 Å². The van der Waals surface area contributed by atoms with Gasteiger partial charge in [0, 0.05) is 17.5 Å². The van der Waals surface area contributed by atoms with Gasteiger partial charge in [-0.1, -0.05) is 53.7 Å². The van der Waals surface area contributed by atoms with E-state index in [0.29, 0.717) is 22.8 Å². The van der Waals surface area contributed by atoms with Crippen LogP contribution in [0, 0.1) is 10.6 Å². The Morgan fingerprint density at radius 1 is 1.06 bits per heavy atom. The first-order valence-electron chi connectivity index (χ1n) is 10.2. The number of benzene rings is 2. The molecule has 0 aliphatic carbocycles. The summed E-state index contributed by atoms with van der Waals surface area (Å²) >= 11 is 5.35. The minimum Gasteiger partial charge on any atom is -0.507 e. The molecule has 0 spiro atoms. The van der Waals surface area contributed by atoms with Crippen LogP contribution in [0.4, 0.5) is 4.39 Å². The van der Waals surface area contributed by atoms with Crippen molar-refractivity contribution in [2.75, 3.05) is 0 Å². The molecular weight excluding hydrogens is 411 g/mol. The smallest absolute Gasteiger partial charge is 0.216 e. The van der Waals surface area contributed by atoms with Crippen molar-refractivity contribution in [3.8, 4) is 5.75 Å². The zero-order valence-electron chi connectivity index (χ0n) is 18.8. The molecule has 0 atom stereocenters. The van der Waals surface area contributed by atoms with Crippen molar-refractivity contribution >= 4 is 18.4 Å². The zero-order valence-corrected chi connectivity index (χ0v) is 19.6. The first-order valence-corrected chi connectivity index (χ1v) is 10.6. The van der Waals surface area contributed by atoms with Gasteiger partial charge in [0.1, 0.15) is 11.6 Å². The third kappa shape index (κ3) is 5.28. The zero-order chi connectivity index (χ0) is 23.0. The summed E-state index contributed by atoms with van der Waals surface area (Å²) in [6, 6.07) is 10.2. The summed E-state index contributed by atoms with van der Waals surface area (Å²) in [5.74, 6) is 0.671. The van der Waals surface area contributed by atoms with Gasteiger partial charge in [0.25, 0.3) is 0 Å². The Hall–Kier alpha value is -2.80. The molecule has 0 aliphatic heterocycles. The summed E-state index contributed by atoms with van der Waals surface area (Å²) < 4.78 is 15.1. The van der Waals surface area contributed by atoms with Gasteiger partial charge >= 0.3 is 0 Å². The number of phenols is 1. The molecule has 3 aromatic rings. The Morgan fingerprint density at radius 3 is 2.13 bits per heavy atom. The minimum atomic E-state index is -0.280. The van der Waals surface area contributed by atoms with Crippen LogP contribution in [0.5, 0.6) is 5.75 Å². The van der Waals surface area contributed by atoms with Crippen LogP contribution in [0.1, 0.15) is 69.6 Å². The molecular formula is C24H29FN4OS. The third-order valence-corrected chi connectivity index (χ3v) is 5.33. The van der Waals surface area contributed by atoms with E-state index in [-0.39, 0.29) is 16.6 Å². The average molecular weight is 441 g/mol. The fourth-order valence-corrected chi connectivity index (χ4v) is 3.54. The highest BCUT2D eigenvalue weighted by Gasteiger charge is 2.26. The summed E-state index contributed by atoms with van der Waals surface area (Å²) in [5, 5.41) is 22.5. The number of aromatic hydroxyl groups is 1. The Labute approximate surface area is 187 Å². The quantitative estimate of drug-likeness (QED) is 0.395. The molecule has 7 heteroatoms. The summed E-state index contributed by atoms with van der Waals surface area (Å²) in [6.45, 7) is 12.4. The molecule has 0 unspecified atom stereocenters. The molecule has 0 fully saturated rings. The van der Waals surface area contributed by atoms with Crippen LogP contribution in [0.3, 0.4) is 0 Å². The van der Waals surface area contributed by atoms with E-state index in [9.17, 15) is 9.50 Å². The standard InChI is InChI=1S/C24H29FN4OS/c1-23(2,3)18-11-16(12-19(21(18)30)24(4,5)6)14-26-29-20(27-28-22(29)31)13-15-7-9-17(25)10-8-15/h7-12,14,30H,13H2,1-6H3,(H,28,31)/b26-14-. The number of H-pyrrole nitrogens is 1.